The SMILES string of the molecule is Cc1cccc(C)c1CC(NN)C1SCCSC1C. The second-order valence-corrected chi connectivity index (χ2v) is 8.03. The Kier molecular flexibility index (Phi) is 5.63. The average Bonchev–Trinajstić information content (AvgIpc) is 2.40. The quantitative estimate of drug-likeness (QED) is 0.662. The largest absolute Gasteiger partial charge is 0.271 e. The summed E-state index contributed by atoms with van der Waals surface area (Å²) in [6, 6.07) is 6.88. The molecule has 1 heterocycles. The molecule has 1 aromatic rings. The van der Waals surface area contributed by atoms with Crippen LogP contribution in [0.25, 0.3) is 0 Å². The summed E-state index contributed by atoms with van der Waals surface area (Å²) in [6.07, 6.45) is 1.03. The fourth-order valence-corrected chi connectivity index (χ4v) is 5.70. The van der Waals surface area contributed by atoms with Crippen LogP contribution in [0.4, 0.5) is 0 Å². The van der Waals surface area contributed by atoms with Gasteiger partial charge in [0, 0.05) is 28.0 Å². The zero-order valence-corrected chi connectivity index (χ0v) is 13.6. The molecule has 19 heavy (non-hydrogen) atoms. The zero-order chi connectivity index (χ0) is 13.8. The van der Waals surface area contributed by atoms with Gasteiger partial charge in [-0.1, -0.05) is 25.1 Å². The van der Waals surface area contributed by atoms with Crippen LogP contribution in [0.3, 0.4) is 0 Å². The van der Waals surface area contributed by atoms with Gasteiger partial charge in [-0.25, -0.2) is 0 Å². The molecule has 0 amide bonds. The summed E-state index contributed by atoms with van der Waals surface area (Å²) in [5.74, 6) is 8.35. The summed E-state index contributed by atoms with van der Waals surface area (Å²) < 4.78 is 0. The van der Waals surface area contributed by atoms with E-state index in [1.54, 1.807) is 0 Å². The first-order valence-electron chi connectivity index (χ1n) is 6.88. The molecule has 1 aromatic carbocycles. The second kappa shape index (κ2) is 7.02. The van der Waals surface area contributed by atoms with E-state index >= 15 is 0 Å². The Balaban J connectivity index is 2.14. The van der Waals surface area contributed by atoms with Gasteiger partial charge in [0.2, 0.25) is 0 Å². The summed E-state index contributed by atoms with van der Waals surface area (Å²) in [7, 11) is 0. The van der Waals surface area contributed by atoms with Crippen molar-refractivity contribution in [3.63, 3.8) is 0 Å². The minimum atomic E-state index is 0.354. The van der Waals surface area contributed by atoms with E-state index in [-0.39, 0.29) is 0 Å². The van der Waals surface area contributed by atoms with Crippen molar-refractivity contribution in [2.75, 3.05) is 11.5 Å². The van der Waals surface area contributed by atoms with Crippen LogP contribution in [0.15, 0.2) is 18.2 Å². The Morgan fingerprint density at radius 1 is 1.26 bits per heavy atom. The molecule has 3 N–H and O–H groups in total. The molecule has 0 aromatic heterocycles. The van der Waals surface area contributed by atoms with Gasteiger partial charge in [0.1, 0.15) is 0 Å². The number of benzene rings is 1. The van der Waals surface area contributed by atoms with E-state index in [2.05, 4.69) is 67.9 Å². The van der Waals surface area contributed by atoms with Crippen LogP contribution in [-0.2, 0) is 6.42 Å². The lowest BCUT2D eigenvalue weighted by Gasteiger charge is -2.34. The van der Waals surface area contributed by atoms with Gasteiger partial charge in [0.25, 0.3) is 0 Å². The zero-order valence-electron chi connectivity index (χ0n) is 12.0. The molecule has 1 aliphatic rings. The molecule has 0 aliphatic carbocycles. The molecule has 1 saturated heterocycles. The third-order valence-electron chi connectivity index (χ3n) is 3.92. The molecule has 3 unspecified atom stereocenters. The lowest BCUT2D eigenvalue weighted by molar-refractivity contribution is 0.500. The Hall–Kier alpha value is -0.160. The molecule has 1 fully saturated rings. The number of hydrogen-bond donors (Lipinski definition) is 2. The maximum Gasteiger partial charge on any atom is 0.0380 e. The van der Waals surface area contributed by atoms with Gasteiger partial charge < -0.3 is 0 Å². The number of hydrazine groups is 1. The fourth-order valence-electron chi connectivity index (χ4n) is 2.75. The lowest BCUT2D eigenvalue weighted by Crippen LogP contribution is -2.48. The normalized spacial score (nSPS) is 25.3. The van der Waals surface area contributed by atoms with Gasteiger partial charge in [-0.05, 0) is 37.0 Å². The molecule has 0 spiro atoms. The lowest BCUT2D eigenvalue weighted by atomic mass is 9.94. The van der Waals surface area contributed by atoms with Crippen molar-refractivity contribution in [2.24, 2.45) is 5.84 Å². The van der Waals surface area contributed by atoms with Crippen molar-refractivity contribution in [1.82, 2.24) is 5.43 Å². The Morgan fingerprint density at radius 3 is 2.47 bits per heavy atom. The van der Waals surface area contributed by atoms with Crippen LogP contribution in [-0.4, -0.2) is 28.0 Å². The average molecular weight is 297 g/mol. The predicted molar refractivity (Wildman–Crippen MR) is 88.9 cm³/mol. The molecular weight excluding hydrogens is 272 g/mol. The second-order valence-electron chi connectivity index (χ2n) is 5.26. The van der Waals surface area contributed by atoms with E-state index in [4.69, 9.17) is 5.84 Å². The van der Waals surface area contributed by atoms with E-state index in [0.29, 0.717) is 16.5 Å². The van der Waals surface area contributed by atoms with Crippen molar-refractivity contribution in [2.45, 2.75) is 43.7 Å². The topological polar surface area (TPSA) is 38.0 Å². The van der Waals surface area contributed by atoms with Crippen molar-refractivity contribution < 1.29 is 0 Å². The number of nitrogens with two attached hydrogens (primary N) is 1. The number of hydrogen-bond acceptors (Lipinski definition) is 4. The van der Waals surface area contributed by atoms with E-state index in [1.807, 2.05) is 0 Å². The fraction of sp³-hybridized carbons (Fsp3) is 0.600. The summed E-state index contributed by atoms with van der Waals surface area (Å²) in [4.78, 5) is 0. The van der Waals surface area contributed by atoms with Crippen molar-refractivity contribution in [1.29, 1.82) is 0 Å². The van der Waals surface area contributed by atoms with E-state index < -0.39 is 0 Å². The standard InChI is InChI=1S/C15H24N2S2/c1-10-5-4-6-11(2)13(10)9-14(17-16)15-12(3)18-7-8-19-15/h4-6,12,14-15,17H,7-9,16H2,1-3H3. The number of rotatable bonds is 4. The van der Waals surface area contributed by atoms with Crippen LogP contribution in [0.2, 0.25) is 0 Å². The highest BCUT2D eigenvalue weighted by Crippen LogP contribution is 2.34. The van der Waals surface area contributed by atoms with E-state index in [0.717, 1.165) is 6.42 Å². The number of nitrogens with one attached hydrogen (secondary N) is 1. The summed E-state index contributed by atoms with van der Waals surface area (Å²) in [5.41, 5.74) is 7.28. The number of aryl methyl sites for hydroxylation is 2. The molecule has 0 bridgehead atoms. The Labute approximate surface area is 125 Å². The highest BCUT2D eigenvalue weighted by atomic mass is 32.2. The first kappa shape index (κ1) is 15.2. The van der Waals surface area contributed by atoms with Gasteiger partial charge >= 0.3 is 0 Å². The van der Waals surface area contributed by atoms with Crippen LogP contribution in [0, 0.1) is 13.8 Å². The van der Waals surface area contributed by atoms with Gasteiger partial charge in [0.15, 0.2) is 0 Å². The maximum absolute atomic E-state index is 5.84. The first-order valence-corrected chi connectivity index (χ1v) is 8.97. The molecule has 0 radical (unpaired) electrons. The Morgan fingerprint density at radius 2 is 1.89 bits per heavy atom. The molecule has 1 aliphatic heterocycles. The van der Waals surface area contributed by atoms with Crippen LogP contribution in [0.1, 0.15) is 23.6 Å². The highest BCUT2D eigenvalue weighted by molar-refractivity contribution is 8.07. The minimum Gasteiger partial charge on any atom is -0.271 e. The maximum atomic E-state index is 5.84. The molecule has 4 heteroatoms. The summed E-state index contributed by atoms with van der Waals surface area (Å²) in [5, 5.41) is 1.27. The molecule has 2 nitrogen and oxygen atoms in total. The predicted octanol–water partition coefficient (Wildman–Crippen LogP) is 2.91. The molecule has 106 valence electrons. The smallest absolute Gasteiger partial charge is 0.0380 e. The highest BCUT2D eigenvalue weighted by Gasteiger charge is 2.30. The van der Waals surface area contributed by atoms with Crippen molar-refractivity contribution in [3.8, 4) is 0 Å². The van der Waals surface area contributed by atoms with Gasteiger partial charge in [0.05, 0.1) is 0 Å². The monoisotopic (exact) mass is 296 g/mol. The summed E-state index contributed by atoms with van der Waals surface area (Å²) >= 11 is 4.14. The van der Waals surface area contributed by atoms with Crippen LogP contribution < -0.4 is 11.3 Å². The third kappa shape index (κ3) is 3.69. The van der Waals surface area contributed by atoms with Crippen LogP contribution >= 0.6 is 23.5 Å². The third-order valence-corrected chi connectivity index (χ3v) is 7.17. The van der Waals surface area contributed by atoms with Gasteiger partial charge in [-0.3, -0.25) is 11.3 Å². The Bertz CT molecular complexity index is 402. The van der Waals surface area contributed by atoms with Gasteiger partial charge in [-0.2, -0.15) is 23.5 Å². The summed E-state index contributed by atoms with van der Waals surface area (Å²) in [6.45, 7) is 6.72. The first-order chi connectivity index (χ1) is 9.13. The minimum absolute atomic E-state index is 0.354. The molecular formula is C15H24N2S2. The number of thioether (sulfide) groups is 2. The van der Waals surface area contributed by atoms with Crippen molar-refractivity contribution in [3.05, 3.63) is 34.9 Å². The van der Waals surface area contributed by atoms with Crippen LogP contribution in [0.5, 0.6) is 0 Å². The van der Waals surface area contributed by atoms with Crippen molar-refractivity contribution >= 4 is 23.5 Å². The molecule has 0 saturated carbocycles. The molecule has 2 rings (SSSR count). The van der Waals surface area contributed by atoms with Gasteiger partial charge in [-0.15, -0.1) is 0 Å². The van der Waals surface area contributed by atoms with E-state index in [9.17, 15) is 0 Å². The van der Waals surface area contributed by atoms with E-state index in [1.165, 1.54) is 28.2 Å². The molecule has 3 atom stereocenters.